The van der Waals surface area contributed by atoms with Crippen molar-refractivity contribution in [2.45, 2.75) is 18.5 Å². The van der Waals surface area contributed by atoms with Crippen LogP contribution in [0.15, 0.2) is 42.7 Å². The molecule has 2 saturated heterocycles. The number of benzene rings is 1. The fraction of sp³-hybridized carbons (Fsp3) is 0.333. The molecule has 2 aliphatic heterocycles. The maximum atomic E-state index is 12.8. The van der Waals surface area contributed by atoms with Crippen LogP contribution >= 0.6 is 23.2 Å². The molecular formula is C18H18Cl2N4O. The second-order valence-electron chi connectivity index (χ2n) is 6.46. The molecule has 4 rings (SSSR count). The first-order valence-electron chi connectivity index (χ1n) is 8.29. The monoisotopic (exact) mass is 376 g/mol. The summed E-state index contributed by atoms with van der Waals surface area (Å²) in [6.07, 6.45) is 4.54. The van der Waals surface area contributed by atoms with Crippen molar-refractivity contribution in [3.05, 3.63) is 63.9 Å². The standard InChI is InChI=1S/C18H18Cl2N4O/c19-14-3-1-2-13(16(14)20)18(25)24-9-6-12-15(10-24)22-23-17(12)11-4-7-21-8-5-11/h1-5,7-8,12,15,17,22-23H,6,9-10H2. The van der Waals surface area contributed by atoms with Gasteiger partial charge in [-0.05, 0) is 42.2 Å². The molecule has 2 fully saturated rings. The van der Waals surface area contributed by atoms with Crippen molar-refractivity contribution in [2.75, 3.05) is 13.1 Å². The Labute approximate surface area is 156 Å². The van der Waals surface area contributed by atoms with E-state index in [1.165, 1.54) is 5.56 Å². The average Bonchev–Trinajstić information content (AvgIpc) is 3.07. The van der Waals surface area contributed by atoms with Gasteiger partial charge in [-0.25, -0.2) is 5.43 Å². The third kappa shape index (κ3) is 3.13. The van der Waals surface area contributed by atoms with Crippen molar-refractivity contribution in [1.82, 2.24) is 20.7 Å². The molecule has 0 radical (unpaired) electrons. The lowest BCUT2D eigenvalue weighted by Gasteiger charge is -2.36. The smallest absolute Gasteiger partial charge is 0.255 e. The number of pyridine rings is 1. The second-order valence-corrected chi connectivity index (χ2v) is 7.24. The largest absolute Gasteiger partial charge is 0.337 e. The Balaban J connectivity index is 1.49. The van der Waals surface area contributed by atoms with Gasteiger partial charge in [0.05, 0.1) is 21.7 Å². The molecule has 25 heavy (non-hydrogen) atoms. The van der Waals surface area contributed by atoms with Gasteiger partial charge in [0.15, 0.2) is 0 Å². The topological polar surface area (TPSA) is 57.3 Å². The second kappa shape index (κ2) is 6.92. The highest BCUT2D eigenvalue weighted by atomic mass is 35.5. The molecule has 2 aliphatic rings. The molecule has 130 valence electrons. The Morgan fingerprint density at radius 2 is 1.96 bits per heavy atom. The minimum Gasteiger partial charge on any atom is -0.337 e. The highest BCUT2D eigenvalue weighted by molar-refractivity contribution is 6.43. The number of nitrogens with zero attached hydrogens (tertiary/aromatic N) is 2. The number of likely N-dealkylation sites (tertiary alicyclic amines) is 1. The van der Waals surface area contributed by atoms with Gasteiger partial charge in [0.1, 0.15) is 0 Å². The van der Waals surface area contributed by atoms with Crippen LogP contribution in [-0.4, -0.2) is 34.9 Å². The van der Waals surface area contributed by atoms with Crippen LogP contribution in [-0.2, 0) is 0 Å². The van der Waals surface area contributed by atoms with Crippen molar-refractivity contribution < 1.29 is 4.79 Å². The molecule has 0 spiro atoms. The Morgan fingerprint density at radius 1 is 1.16 bits per heavy atom. The third-order valence-corrected chi connectivity index (χ3v) is 5.87. The zero-order valence-electron chi connectivity index (χ0n) is 13.5. The average molecular weight is 377 g/mol. The van der Waals surface area contributed by atoms with E-state index in [2.05, 4.69) is 15.8 Å². The molecule has 3 unspecified atom stereocenters. The van der Waals surface area contributed by atoms with Crippen molar-refractivity contribution in [2.24, 2.45) is 5.92 Å². The molecule has 1 aromatic carbocycles. The van der Waals surface area contributed by atoms with Gasteiger partial charge in [-0.3, -0.25) is 15.2 Å². The van der Waals surface area contributed by atoms with Crippen molar-refractivity contribution >= 4 is 29.1 Å². The molecular weight excluding hydrogens is 359 g/mol. The summed E-state index contributed by atoms with van der Waals surface area (Å²) in [7, 11) is 0. The van der Waals surface area contributed by atoms with Crippen LogP contribution in [0, 0.1) is 5.92 Å². The Bertz CT molecular complexity index is 786. The number of hydrogen-bond donors (Lipinski definition) is 2. The summed E-state index contributed by atoms with van der Waals surface area (Å²) >= 11 is 12.3. The molecule has 2 aromatic rings. The van der Waals surface area contributed by atoms with E-state index in [1.54, 1.807) is 18.2 Å². The van der Waals surface area contributed by atoms with Crippen molar-refractivity contribution in [3.8, 4) is 0 Å². The highest BCUT2D eigenvalue weighted by Gasteiger charge is 2.41. The molecule has 2 N–H and O–H groups in total. The zero-order valence-corrected chi connectivity index (χ0v) is 15.0. The molecule has 3 atom stereocenters. The number of rotatable bonds is 2. The summed E-state index contributed by atoms with van der Waals surface area (Å²) in [5.41, 5.74) is 8.40. The van der Waals surface area contributed by atoms with Gasteiger partial charge >= 0.3 is 0 Å². The molecule has 5 nitrogen and oxygen atoms in total. The van der Waals surface area contributed by atoms with Crippen LogP contribution in [0.3, 0.4) is 0 Å². The normalized spacial score (nSPS) is 25.7. The highest BCUT2D eigenvalue weighted by Crippen LogP contribution is 2.35. The molecule has 0 bridgehead atoms. The van der Waals surface area contributed by atoms with Crippen LogP contribution in [0.1, 0.15) is 28.4 Å². The SMILES string of the molecule is O=C(c1cccc(Cl)c1Cl)N1CCC2C(C1)NNC2c1ccncc1. The van der Waals surface area contributed by atoms with Crippen LogP contribution in [0.4, 0.5) is 0 Å². The number of hydrogen-bond acceptors (Lipinski definition) is 4. The summed E-state index contributed by atoms with van der Waals surface area (Å²) in [4.78, 5) is 18.8. The van der Waals surface area contributed by atoms with E-state index < -0.39 is 0 Å². The lowest BCUT2D eigenvalue weighted by Crippen LogP contribution is -2.49. The molecule has 1 aromatic heterocycles. The number of amides is 1. The third-order valence-electron chi connectivity index (χ3n) is 5.05. The number of carbonyl (C=O) groups excluding carboxylic acids is 1. The number of nitrogens with one attached hydrogen (secondary N) is 2. The van der Waals surface area contributed by atoms with Crippen LogP contribution in [0.2, 0.25) is 10.0 Å². The number of carbonyl (C=O) groups is 1. The lowest BCUT2D eigenvalue weighted by molar-refractivity contribution is 0.0663. The summed E-state index contributed by atoms with van der Waals surface area (Å²) in [5, 5.41) is 0.726. The number of fused-ring (bicyclic) bond motifs is 1. The Morgan fingerprint density at radius 3 is 2.76 bits per heavy atom. The van der Waals surface area contributed by atoms with E-state index in [0.717, 1.165) is 6.42 Å². The van der Waals surface area contributed by atoms with Gasteiger partial charge in [-0.2, -0.15) is 0 Å². The predicted molar refractivity (Wildman–Crippen MR) is 97.5 cm³/mol. The first kappa shape index (κ1) is 16.8. The van der Waals surface area contributed by atoms with Gasteiger partial charge in [-0.1, -0.05) is 29.3 Å². The van der Waals surface area contributed by atoms with Gasteiger partial charge in [0.25, 0.3) is 5.91 Å². The van der Waals surface area contributed by atoms with Crippen LogP contribution < -0.4 is 10.9 Å². The van der Waals surface area contributed by atoms with E-state index in [1.807, 2.05) is 29.4 Å². The van der Waals surface area contributed by atoms with Crippen molar-refractivity contribution in [1.29, 1.82) is 0 Å². The van der Waals surface area contributed by atoms with Gasteiger partial charge < -0.3 is 4.90 Å². The molecule has 1 amide bonds. The Kier molecular flexibility index (Phi) is 4.65. The predicted octanol–water partition coefficient (Wildman–Crippen LogP) is 3.07. The number of aromatic nitrogens is 1. The maximum Gasteiger partial charge on any atom is 0.255 e. The number of halogens is 2. The first-order valence-corrected chi connectivity index (χ1v) is 9.05. The zero-order chi connectivity index (χ0) is 17.4. The summed E-state index contributed by atoms with van der Waals surface area (Å²) in [5.74, 6) is 0.362. The minimum atomic E-state index is -0.0693. The van der Waals surface area contributed by atoms with E-state index in [0.29, 0.717) is 34.6 Å². The first-order chi connectivity index (χ1) is 12.1. The fourth-order valence-electron chi connectivity index (χ4n) is 3.75. The molecule has 3 heterocycles. The van der Waals surface area contributed by atoms with Gasteiger partial charge in [0, 0.05) is 31.5 Å². The van der Waals surface area contributed by atoms with Crippen molar-refractivity contribution in [3.63, 3.8) is 0 Å². The lowest BCUT2D eigenvalue weighted by atomic mass is 9.84. The molecule has 7 heteroatoms. The number of hydrazine groups is 1. The van der Waals surface area contributed by atoms with E-state index in [9.17, 15) is 4.79 Å². The van der Waals surface area contributed by atoms with Gasteiger partial charge in [-0.15, -0.1) is 0 Å². The summed E-state index contributed by atoms with van der Waals surface area (Å²) in [6, 6.07) is 9.67. The van der Waals surface area contributed by atoms with E-state index in [-0.39, 0.29) is 18.0 Å². The van der Waals surface area contributed by atoms with Crippen LogP contribution in [0.25, 0.3) is 0 Å². The van der Waals surface area contributed by atoms with E-state index in [4.69, 9.17) is 23.2 Å². The Hall–Kier alpha value is -1.66. The van der Waals surface area contributed by atoms with Crippen LogP contribution in [0.5, 0.6) is 0 Å². The fourth-order valence-corrected chi connectivity index (χ4v) is 4.13. The number of piperidine rings is 1. The molecule has 0 saturated carbocycles. The minimum absolute atomic E-state index is 0.0693. The molecule has 0 aliphatic carbocycles. The summed E-state index contributed by atoms with van der Waals surface area (Å²) < 4.78 is 0. The van der Waals surface area contributed by atoms with Gasteiger partial charge in [0.2, 0.25) is 0 Å². The summed E-state index contributed by atoms with van der Waals surface area (Å²) in [6.45, 7) is 1.34. The maximum absolute atomic E-state index is 12.8. The van der Waals surface area contributed by atoms with E-state index >= 15 is 0 Å². The quantitative estimate of drug-likeness (QED) is 0.845.